The third kappa shape index (κ3) is 8.25. The van der Waals surface area contributed by atoms with Crippen LogP contribution in [0.1, 0.15) is 51.4 Å². The molecule has 3 N–H and O–H groups in total. The van der Waals surface area contributed by atoms with E-state index in [-0.39, 0.29) is 18.4 Å². The number of halogens is 1. The van der Waals surface area contributed by atoms with Gasteiger partial charge < -0.3 is 15.4 Å². The lowest BCUT2D eigenvalue weighted by Gasteiger charge is -2.25. The molecule has 2 amide bonds. The minimum atomic E-state index is -4.19. The molecular weight excluding hydrogens is 672 g/mol. The number of anilines is 1. The molecule has 1 aliphatic rings. The van der Waals surface area contributed by atoms with Gasteiger partial charge in [-0.3, -0.25) is 14.1 Å². The van der Waals surface area contributed by atoms with Gasteiger partial charge in [-0.25, -0.2) is 0 Å². The summed E-state index contributed by atoms with van der Waals surface area (Å²) in [6, 6.07) is 34.6. The average Bonchev–Trinajstić information content (AvgIpc) is 3.57. The zero-order valence-electron chi connectivity index (χ0n) is 27.7. The van der Waals surface area contributed by atoms with Gasteiger partial charge in [0.1, 0.15) is 5.75 Å². The van der Waals surface area contributed by atoms with Gasteiger partial charge in [-0.1, -0.05) is 79.2 Å². The molecule has 0 spiro atoms. The van der Waals surface area contributed by atoms with Gasteiger partial charge in [-0.15, -0.1) is 0 Å². The molecule has 0 unspecified atom stereocenters. The third-order valence-corrected chi connectivity index (χ3v) is 10.0. The molecule has 0 aliphatic carbocycles. The molecule has 50 heavy (non-hydrogen) atoms. The Morgan fingerprint density at radius 2 is 1.50 bits per heavy atom. The molecule has 0 saturated heterocycles. The first-order chi connectivity index (χ1) is 23.9. The molecular formula is C40H37ClN2O6S. The van der Waals surface area contributed by atoms with Crippen LogP contribution in [0.2, 0.25) is 5.02 Å². The van der Waals surface area contributed by atoms with Crippen molar-refractivity contribution >= 4 is 39.2 Å². The minimum absolute atomic E-state index is 0.178. The standard InChI is InChI=1S/C40H37ClN2O6S/c1-25-23-34(41)14-17-36(25)29-11-15-35(16-12-29)43-40(45)38(26(2)27-3-9-31(10-4-27)39(44)42-20-22-50(46,47)48)30-7-5-28(6-8-30)32-13-18-37-33(24-32)19-21-49-37/h3-18,23-24,26,38H,19-22H2,1-2H3,(H,42,44)(H,43,45)(H,46,47,48)/t26-,38+/m0/s1. The summed E-state index contributed by atoms with van der Waals surface area (Å²) in [5.41, 5.74) is 9.10. The number of nitrogens with one attached hydrogen (secondary N) is 2. The predicted octanol–water partition coefficient (Wildman–Crippen LogP) is 8.06. The normalized spacial score (nSPS) is 13.5. The van der Waals surface area contributed by atoms with Crippen molar-refractivity contribution in [2.45, 2.75) is 32.1 Å². The van der Waals surface area contributed by atoms with E-state index >= 15 is 0 Å². The van der Waals surface area contributed by atoms with E-state index < -0.39 is 27.7 Å². The van der Waals surface area contributed by atoms with Crippen molar-refractivity contribution in [3.05, 3.63) is 142 Å². The molecule has 5 aromatic carbocycles. The molecule has 10 heteroatoms. The molecule has 6 rings (SSSR count). The molecule has 8 nitrogen and oxygen atoms in total. The van der Waals surface area contributed by atoms with Crippen molar-refractivity contribution in [2.24, 2.45) is 0 Å². The zero-order valence-corrected chi connectivity index (χ0v) is 29.2. The Bertz CT molecular complexity index is 2130. The third-order valence-electron chi connectivity index (χ3n) is 9.07. The number of carbonyl (C=O) groups excluding carboxylic acids is 2. The Morgan fingerprint density at radius 1 is 0.840 bits per heavy atom. The summed E-state index contributed by atoms with van der Waals surface area (Å²) in [7, 11) is -4.19. The number of carbonyl (C=O) groups is 2. The van der Waals surface area contributed by atoms with Crippen LogP contribution in [-0.4, -0.2) is 43.7 Å². The number of amides is 2. The predicted molar refractivity (Wildman–Crippen MR) is 198 cm³/mol. The van der Waals surface area contributed by atoms with Crippen LogP contribution in [0.25, 0.3) is 22.3 Å². The fourth-order valence-electron chi connectivity index (χ4n) is 6.35. The lowest BCUT2D eigenvalue weighted by atomic mass is 9.81. The Kier molecular flexibility index (Phi) is 10.4. The summed E-state index contributed by atoms with van der Waals surface area (Å²) in [5, 5.41) is 6.30. The zero-order chi connectivity index (χ0) is 35.4. The van der Waals surface area contributed by atoms with Crippen LogP contribution in [0.4, 0.5) is 5.69 Å². The molecule has 0 fully saturated rings. The van der Waals surface area contributed by atoms with E-state index in [1.54, 1.807) is 24.3 Å². The lowest BCUT2D eigenvalue weighted by Crippen LogP contribution is -2.29. The first-order valence-corrected chi connectivity index (χ1v) is 18.3. The second-order valence-corrected chi connectivity index (χ2v) is 14.5. The maximum atomic E-state index is 14.2. The summed E-state index contributed by atoms with van der Waals surface area (Å²) >= 11 is 6.15. The summed E-state index contributed by atoms with van der Waals surface area (Å²) in [4.78, 5) is 26.7. The highest BCUT2D eigenvalue weighted by Gasteiger charge is 2.29. The molecule has 0 saturated carbocycles. The van der Waals surface area contributed by atoms with Gasteiger partial charge in [-0.2, -0.15) is 8.42 Å². The van der Waals surface area contributed by atoms with Crippen molar-refractivity contribution in [3.63, 3.8) is 0 Å². The second kappa shape index (κ2) is 14.9. The highest BCUT2D eigenvalue weighted by Crippen LogP contribution is 2.37. The van der Waals surface area contributed by atoms with E-state index in [1.165, 1.54) is 5.56 Å². The highest BCUT2D eigenvalue weighted by atomic mass is 35.5. The van der Waals surface area contributed by atoms with E-state index in [0.29, 0.717) is 22.9 Å². The summed E-state index contributed by atoms with van der Waals surface area (Å²) in [5.74, 6) is -1.16. The molecule has 1 aliphatic heterocycles. The summed E-state index contributed by atoms with van der Waals surface area (Å²) < 4.78 is 36.6. The molecule has 1 heterocycles. The molecule has 0 radical (unpaired) electrons. The topological polar surface area (TPSA) is 122 Å². The lowest BCUT2D eigenvalue weighted by molar-refractivity contribution is -0.118. The Balaban J connectivity index is 1.25. The highest BCUT2D eigenvalue weighted by molar-refractivity contribution is 7.85. The quantitative estimate of drug-likeness (QED) is 0.119. The number of aryl methyl sites for hydroxylation is 1. The first kappa shape index (κ1) is 34.9. The van der Waals surface area contributed by atoms with E-state index in [4.69, 9.17) is 20.9 Å². The second-order valence-electron chi connectivity index (χ2n) is 12.5. The Morgan fingerprint density at radius 3 is 2.18 bits per heavy atom. The van der Waals surface area contributed by atoms with Gasteiger partial charge in [0.2, 0.25) is 5.91 Å². The van der Waals surface area contributed by atoms with Gasteiger partial charge in [-0.05, 0) is 106 Å². The van der Waals surface area contributed by atoms with Crippen LogP contribution in [0.3, 0.4) is 0 Å². The number of hydrogen-bond acceptors (Lipinski definition) is 5. The van der Waals surface area contributed by atoms with Gasteiger partial charge >= 0.3 is 0 Å². The van der Waals surface area contributed by atoms with E-state index in [9.17, 15) is 18.0 Å². The van der Waals surface area contributed by atoms with Crippen LogP contribution >= 0.6 is 11.6 Å². The van der Waals surface area contributed by atoms with Crippen LogP contribution in [0.5, 0.6) is 5.75 Å². The van der Waals surface area contributed by atoms with Crippen molar-refractivity contribution in [2.75, 3.05) is 24.2 Å². The number of fused-ring (bicyclic) bond motifs is 1. The molecule has 256 valence electrons. The number of rotatable bonds is 11. The smallest absolute Gasteiger partial charge is 0.266 e. The maximum Gasteiger partial charge on any atom is 0.266 e. The molecule has 0 bridgehead atoms. The van der Waals surface area contributed by atoms with Gasteiger partial charge in [0.15, 0.2) is 0 Å². The van der Waals surface area contributed by atoms with Gasteiger partial charge in [0.05, 0.1) is 18.3 Å². The van der Waals surface area contributed by atoms with Gasteiger partial charge in [0, 0.05) is 29.2 Å². The van der Waals surface area contributed by atoms with Crippen LogP contribution < -0.4 is 15.4 Å². The van der Waals surface area contributed by atoms with E-state index in [2.05, 4.69) is 16.7 Å². The molecule has 5 aromatic rings. The van der Waals surface area contributed by atoms with Crippen LogP contribution in [-0.2, 0) is 21.3 Å². The van der Waals surface area contributed by atoms with Crippen molar-refractivity contribution < 1.29 is 27.3 Å². The van der Waals surface area contributed by atoms with Crippen molar-refractivity contribution in [1.82, 2.24) is 5.32 Å². The summed E-state index contributed by atoms with van der Waals surface area (Å²) in [6.45, 7) is 4.46. The summed E-state index contributed by atoms with van der Waals surface area (Å²) in [6.07, 6.45) is 0.881. The largest absolute Gasteiger partial charge is 0.493 e. The van der Waals surface area contributed by atoms with E-state index in [0.717, 1.165) is 51.1 Å². The van der Waals surface area contributed by atoms with Crippen molar-refractivity contribution in [1.29, 1.82) is 0 Å². The Hall–Kier alpha value is -4.96. The number of ether oxygens (including phenoxy) is 1. The van der Waals surface area contributed by atoms with Crippen LogP contribution in [0.15, 0.2) is 109 Å². The minimum Gasteiger partial charge on any atom is -0.493 e. The van der Waals surface area contributed by atoms with Crippen LogP contribution in [0, 0.1) is 6.92 Å². The number of benzene rings is 5. The maximum absolute atomic E-state index is 14.2. The van der Waals surface area contributed by atoms with E-state index in [1.807, 2.05) is 92.7 Å². The SMILES string of the molecule is Cc1cc(Cl)ccc1-c1ccc(NC(=O)[C@@H](c2ccc(-c3ccc4c(c3)CCO4)cc2)[C@@H](C)c2ccc(C(=O)NCCS(=O)(=O)O)cc2)cc1. The first-order valence-electron chi connectivity index (χ1n) is 16.3. The van der Waals surface area contributed by atoms with Crippen molar-refractivity contribution in [3.8, 4) is 28.0 Å². The monoisotopic (exact) mass is 708 g/mol. The number of hydrogen-bond donors (Lipinski definition) is 3. The molecule has 0 aromatic heterocycles. The fourth-order valence-corrected chi connectivity index (χ4v) is 6.93. The van der Waals surface area contributed by atoms with Gasteiger partial charge in [0.25, 0.3) is 16.0 Å². The Labute approximate surface area is 297 Å². The average molecular weight is 709 g/mol. The fraction of sp³-hybridized carbons (Fsp3) is 0.200. The molecule has 2 atom stereocenters.